The van der Waals surface area contributed by atoms with Crippen molar-refractivity contribution < 1.29 is 13.2 Å². The Hall–Kier alpha value is -1.56. The summed E-state index contributed by atoms with van der Waals surface area (Å²) in [5.41, 5.74) is 5.69. The molecule has 0 amide bonds. The number of aromatic nitrogens is 2. The normalized spacial score (nSPS) is 19.9. The van der Waals surface area contributed by atoms with Crippen molar-refractivity contribution >= 4 is 11.0 Å². The summed E-state index contributed by atoms with van der Waals surface area (Å²) >= 11 is 0. The maximum atomic E-state index is 12.9. The zero-order chi connectivity index (χ0) is 12.2. The summed E-state index contributed by atoms with van der Waals surface area (Å²) in [4.78, 5) is 4.19. The Morgan fingerprint density at radius 2 is 2.12 bits per heavy atom. The van der Waals surface area contributed by atoms with Crippen LogP contribution in [-0.4, -0.2) is 9.55 Å². The van der Waals surface area contributed by atoms with Gasteiger partial charge in [-0.1, -0.05) is 6.07 Å². The Morgan fingerprint density at radius 1 is 1.35 bits per heavy atom. The minimum Gasteiger partial charge on any atom is -0.326 e. The molecule has 3 rings (SSSR count). The summed E-state index contributed by atoms with van der Waals surface area (Å²) in [6.45, 7) is 0.500. The van der Waals surface area contributed by atoms with E-state index < -0.39 is 11.7 Å². The number of para-hydroxylation sites is 1. The molecule has 2 heterocycles. The van der Waals surface area contributed by atoms with E-state index in [1.165, 1.54) is 6.07 Å². The number of hydrogen-bond donors (Lipinski definition) is 1. The van der Waals surface area contributed by atoms with E-state index in [1.807, 2.05) is 0 Å². The summed E-state index contributed by atoms with van der Waals surface area (Å²) < 4.78 is 40.3. The molecule has 1 unspecified atom stereocenters. The fourth-order valence-corrected chi connectivity index (χ4v) is 2.34. The number of aryl methyl sites for hydroxylation is 1. The highest BCUT2D eigenvalue weighted by molar-refractivity contribution is 5.80. The van der Waals surface area contributed by atoms with Crippen LogP contribution in [0.5, 0.6) is 0 Å². The van der Waals surface area contributed by atoms with Crippen molar-refractivity contribution in [1.82, 2.24) is 9.55 Å². The van der Waals surface area contributed by atoms with Gasteiger partial charge in [-0.3, -0.25) is 0 Å². The van der Waals surface area contributed by atoms with Gasteiger partial charge in [-0.05, 0) is 18.6 Å². The monoisotopic (exact) mass is 241 g/mol. The molecule has 1 atom stereocenters. The molecule has 90 valence electrons. The van der Waals surface area contributed by atoms with Crippen LogP contribution in [0.3, 0.4) is 0 Å². The highest BCUT2D eigenvalue weighted by atomic mass is 19.4. The van der Waals surface area contributed by atoms with Gasteiger partial charge in [-0.2, -0.15) is 13.2 Å². The molecule has 0 saturated heterocycles. The quantitative estimate of drug-likeness (QED) is 0.770. The first-order valence-electron chi connectivity index (χ1n) is 5.30. The Bertz CT molecular complexity index is 585. The van der Waals surface area contributed by atoms with Crippen molar-refractivity contribution in [3.8, 4) is 0 Å². The van der Waals surface area contributed by atoms with Gasteiger partial charge in [-0.15, -0.1) is 0 Å². The Kier molecular flexibility index (Phi) is 2.01. The van der Waals surface area contributed by atoms with E-state index in [9.17, 15) is 13.2 Å². The van der Waals surface area contributed by atoms with Gasteiger partial charge in [0.05, 0.1) is 22.6 Å². The average molecular weight is 241 g/mol. The Balaban J connectivity index is 2.36. The molecule has 0 radical (unpaired) electrons. The van der Waals surface area contributed by atoms with Crippen LogP contribution in [0.1, 0.15) is 23.9 Å². The van der Waals surface area contributed by atoms with Crippen molar-refractivity contribution in [1.29, 1.82) is 0 Å². The summed E-state index contributed by atoms with van der Waals surface area (Å²) in [6.07, 6.45) is -3.71. The van der Waals surface area contributed by atoms with E-state index in [1.54, 1.807) is 10.6 Å². The van der Waals surface area contributed by atoms with E-state index in [0.29, 0.717) is 24.3 Å². The molecule has 6 heteroatoms. The lowest BCUT2D eigenvalue weighted by Gasteiger charge is -2.09. The molecule has 1 aliphatic heterocycles. The van der Waals surface area contributed by atoms with Crippen LogP contribution < -0.4 is 5.73 Å². The number of halogens is 3. The highest BCUT2D eigenvalue weighted by Gasteiger charge is 2.36. The third-order valence-electron chi connectivity index (χ3n) is 3.10. The van der Waals surface area contributed by atoms with E-state index in [-0.39, 0.29) is 11.6 Å². The molecule has 17 heavy (non-hydrogen) atoms. The number of imidazole rings is 1. The van der Waals surface area contributed by atoms with Gasteiger partial charge in [0.15, 0.2) is 0 Å². The van der Waals surface area contributed by atoms with Crippen molar-refractivity contribution in [3.63, 3.8) is 0 Å². The summed E-state index contributed by atoms with van der Waals surface area (Å²) in [5.74, 6) is 0.553. The Morgan fingerprint density at radius 3 is 2.82 bits per heavy atom. The molecule has 2 N–H and O–H groups in total. The first kappa shape index (κ1) is 10.6. The number of fused-ring (bicyclic) bond motifs is 3. The number of alkyl halides is 3. The third-order valence-corrected chi connectivity index (χ3v) is 3.10. The average Bonchev–Trinajstić information content (AvgIpc) is 2.77. The van der Waals surface area contributed by atoms with Crippen LogP contribution in [0.25, 0.3) is 11.0 Å². The van der Waals surface area contributed by atoms with Crippen molar-refractivity contribution in [2.24, 2.45) is 5.73 Å². The number of benzene rings is 1. The molecule has 3 nitrogen and oxygen atoms in total. The van der Waals surface area contributed by atoms with Gasteiger partial charge in [0.1, 0.15) is 5.82 Å². The first-order chi connectivity index (χ1) is 7.98. The van der Waals surface area contributed by atoms with Crippen molar-refractivity contribution in [2.45, 2.75) is 25.2 Å². The van der Waals surface area contributed by atoms with Crippen LogP contribution in [0, 0.1) is 0 Å². The predicted octanol–water partition coefficient (Wildman–Crippen LogP) is 2.46. The molecular formula is C11H10F3N3. The van der Waals surface area contributed by atoms with Crippen molar-refractivity contribution in [3.05, 3.63) is 29.6 Å². The van der Waals surface area contributed by atoms with Gasteiger partial charge in [0.2, 0.25) is 0 Å². The Labute approximate surface area is 95.0 Å². The molecule has 0 saturated carbocycles. The SMILES string of the molecule is NC1CCn2c1nc1cccc(C(F)(F)F)c12. The number of nitrogens with two attached hydrogens (primary N) is 1. The lowest BCUT2D eigenvalue weighted by atomic mass is 10.1. The third kappa shape index (κ3) is 1.44. The highest BCUT2D eigenvalue weighted by Crippen LogP contribution is 2.37. The fourth-order valence-electron chi connectivity index (χ4n) is 2.34. The van der Waals surface area contributed by atoms with E-state index >= 15 is 0 Å². The standard InChI is InChI=1S/C11H10F3N3/c12-11(13,14)6-2-1-3-8-9(6)17-5-4-7(15)10(17)16-8/h1-3,7H,4-5,15H2. The van der Waals surface area contributed by atoms with E-state index in [2.05, 4.69) is 4.98 Å². The maximum Gasteiger partial charge on any atom is 0.418 e. The molecule has 2 aromatic rings. The van der Waals surface area contributed by atoms with Crippen LogP contribution in [0.2, 0.25) is 0 Å². The zero-order valence-electron chi connectivity index (χ0n) is 8.83. The molecule has 0 fully saturated rings. The van der Waals surface area contributed by atoms with Gasteiger partial charge in [0, 0.05) is 6.54 Å². The lowest BCUT2D eigenvalue weighted by molar-refractivity contribution is -0.136. The van der Waals surface area contributed by atoms with Crippen LogP contribution >= 0.6 is 0 Å². The lowest BCUT2D eigenvalue weighted by Crippen LogP contribution is -2.08. The number of hydrogen-bond acceptors (Lipinski definition) is 2. The minimum atomic E-state index is -4.36. The molecule has 1 aromatic heterocycles. The van der Waals surface area contributed by atoms with Gasteiger partial charge >= 0.3 is 6.18 Å². The maximum absolute atomic E-state index is 12.9. The molecular weight excluding hydrogens is 231 g/mol. The predicted molar refractivity (Wildman–Crippen MR) is 56.3 cm³/mol. The smallest absolute Gasteiger partial charge is 0.326 e. The van der Waals surface area contributed by atoms with Crippen molar-refractivity contribution in [2.75, 3.05) is 0 Å². The van der Waals surface area contributed by atoms with Crippen LogP contribution in [0.4, 0.5) is 13.2 Å². The minimum absolute atomic E-state index is 0.156. The topological polar surface area (TPSA) is 43.8 Å². The van der Waals surface area contributed by atoms with E-state index in [4.69, 9.17) is 5.73 Å². The second-order valence-electron chi connectivity index (χ2n) is 4.19. The number of nitrogens with zero attached hydrogens (tertiary/aromatic N) is 2. The zero-order valence-corrected chi connectivity index (χ0v) is 8.83. The molecule has 1 aromatic carbocycles. The molecule has 0 bridgehead atoms. The second kappa shape index (κ2) is 3.22. The van der Waals surface area contributed by atoms with Gasteiger partial charge in [0.25, 0.3) is 0 Å². The van der Waals surface area contributed by atoms with Crippen LogP contribution in [-0.2, 0) is 12.7 Å². The number of rotatable bonds is 0. The first-order valence-corrected chi connectivity index (χ1v) is 5.30. The summed E-state index contributed by atoms with van der Waals surface area (Å²) in [5, 5.41) is 0. The van der Waals surface area contributed by atoms with E-state index in [0.717, 1.165) is 6.07 Å². The largest absolute Gasteiger partial charge is 0.418 e. The van der Waals surface area contributed by atoms with Gasteiger partial charge in [-0.25, -0.2) is 4.98 Å². The fraction of sp³-hybridized carbons (Fsp3) is 0.364. The van der Waals surface area contributed by atoms with Gasteiger partial charge < -0.3 is 10.3 Å². The second-order valence-corrected chi connectivity index (χ2v) is 4.19. The van der Waals surface area contributed by atoms with Crippen LogP contribution in [0.15, 0.2) is 18.2 Å². The summed E-state index contributed by atoms with van der Waals surface area (Å²) in [6, 6.07) is 3.78. The molecule has 0 aliphatic carbocycles. The summed E-state index contributed by atoms with van der Waals surface area (Å²) in [7, 11) is 0. The molecule has 1 aliphatic rings. The molecule has 0 spiro atoms.